The second-order valence-electron chi connectivity index (χ2n) is 3.30. The standard InChI is InChI=1S/C11H13NO3.ClH/c1-14-11(13)8-3-2-4-10-9(8)7-12-5-6-15-10;/h2-4,12H,5-7H2,1H3;1H. The number of carbonyl (C=O) groups excluding carboxylic acids is 1. The number of nitrogens with one attached hydrogen (secondary N) is 1. The zero-order valence-electron chi connectivity index (χ0n) is 8.99. The number of benzene rings is 1. The molecule has 1 heterocycles. The van der Waals surface area contributed by atoms with Crippen LogP contribution in [0.1, 0.15) is 15.9 Å². The average molecular weight is 244 g/mol. The molecule has 1 aromatic carbocycles. The van der Waals surface area contributed by atoms with Crippen LogP contribution >= 0.6 is 12.4 Å². The summed E-state index contributed by atoms with van der Waals surface area (Å²) in [5.74, 6) is 0.446. The Bertz CT molecular complexity index is 381. The minimum Gasteiger partial charge on any atom is -0.492 e. The summed E-state index contributed by atoms with van der Waals surface area (Å²) in [6, 6.07) is 5.42. The molecule has 1 N–H and O–H groups in total. The quantitative estimate of drug-likeness (QED) is 0.757. The first-order valence-electron chi connectivity index (χ1n) is 4.86. The van der Waals surface area contributed by atoms with E-state index in [4.69, 9.17) is 9.47 Å². The van der Waals surface area contributed by atoms with Crippen LogP contribution in [0.15, 0.2) is 18.2 Å². The van der Waals surface area contributed by atoms with Gasteiger partial charge in [0.05, 0.1) is 12.7 Å². The highest BCUT2D eigenvalue weighted by molar-refractivity contribution is 5.91. The van der Waals surface area contributed by atoms with Crippen molar-refractivity contribution in [1.82, 2.24) is 5.32 Å². The van der Waals surface area contributed by atoms with Crippen LogP contribution in [0.25, 0.3) is 0 Å². The van der Waals surface area contributed by atoms with Crippen LogP contribution in [-0.4, -0.2) is 26.2 Å². The number of carbonyl (C=O) groups is 1. The zero-order chi connectivity index (χ0) is 10.7. The molecule has 0 unspecified atom stereocenters. The molecule has 1 aromatic rings. The van der Waals surface area contributed by atoms with Crippen LogP contribution in [0.5, 0.6) is 5.75 Å². The van der Waals surface area contributed by atoms with Crippen molar-refractivity contribution in [3.8, 4) is 5.75 Å². The van der Waals surface area contributed by atoms with Crippen molar-refractivity contribution < 1.29 is 14.3 Å². The molecular formula is C11H14ClNO3. The third-order valence-electron chi connectivity index (χ3n) is 2.38. The third kappa shape index (κ3) is 2.46. The SMILES string of the molecule is COC(=O)c1cccc2c1CNCCO2.Cl. The van der Waals surface area contributed by atoms with Gasteiger partial charge in [-0.25, -0.2) is 4.79 Å². The van der Waals surface area contributed by atoms with Gasteiger partial charge in [0.1, 0.15) is 12.4 Å². The van der Waals surface area contributed by atoms with Crippen LogP contribution in [-0.2, 0) is 11.3 Å². The maximum atomic E-state index is 11.5. The molecular weight excluding hydrogens is 230 g/mol. The summed E-state index contributed by atoms with van der Waals surface area (Å²) in [4.78, 5) is 11.5. The van der Waals surface area contributed by atoms with Gasteiger partial charge >= 0.3 is 5.97 Å². The molecule has 0 fully saturated rings. The van der Waals surface area contributed by atoms with Gasteiger partial charge in [0.15, 0.2) is 0 Å². The Balaban J connectivity index is 0.00000128. The Kier molecular flexibility index (Phi) is 4.58. The fourth-order valence-electron chi connectivity index (χ4n) is 1.63. The largest absolute Gasteiger partial charge is 0.492 e. The molecule has 0 radical (unpaired) electrons. The number of fused-ring (bicyclic) bond motifs is 1. The normalized spacial score (nSPS) is 13.8. The van der Waals surface area contributed by atoms with E-state index < -0.39 is 0 Å². The maximum Gasteiger partial charge on any atom is 0.338 e. The van der Waals surface area contributed by atoms with Crippen molar-refractivity contribution in [1.29, 1.82) is 0 Å². The minimum absolute atomic E-state index is 0. The zero-order valence-corrected chi connectivity index (χ0v) is 9.80. The van der Waals surface area contributed by atoms with E-state index in [0.717, 1.165) is 17.9 Å². The second kappa shape index (κ2) is 5.72. The van der Waals surface area contributed by atoms with Crippen LogP contribution in [0.3, 0.4) is 0 Å². The van der Waals surface area contributed by atoms with E-state index in [1.165, 1.54) is 7.11 Å². The summed E-state index contributed by atoms with van der Waals surface area (Å²) >= 11 is 0. The predicted octanol–water partition coefficient (Wildman–Crippen LogP) is 1.38. The van der Waals surface area contributed by atoms with E-state index in [1.54, 1.807) is 12.1 Å². The first kappa shape index (κ1) is 12.8. The van der Waals surface area contributed by atoms with Gasteiger partial charge in [-0.3, -0.25) is 0 Å². The molecule has 4 nitrogen and oxygen atoms in total. The number of methoxy groups -OCH3 is 1. The highest BCUT2D eigenvalue weighted by atomic mass is 35.5. The van der Waals surface area contributed by atoms with Gasteiger partial charge in [-0.1, -0.05) is 6.07 Å². The van der Waals surface area contributed by atoms with E-state index in [-0.39, 0.29) is 18.4 Å². The van der Waals surface area contributed by atoms with Gasteiger partial charge in [0.2, 0.25) is 0 Å². The molecule has 0 spiro atoms. The molecule has 2 rings (SSSR count). The lowest BCUT2D eigenvalue weighted by Crippen LogP contribution is -2.17. The van der Waals surface area contributed by atoms with Crippen molar-refractivity contribution in [2.24, 2.45) is 0 Å². The number of halogens is 1. The summed E-state index contributed by atoms with van der Waals surface area (Å²) < 4.78 is 10.2. The Labute approximate surface area is 100 Å². The monoisotopic (exact) mass is 243 g/mol. The number of rotatable bonds is 1. The molecule has 0 amide bonds. The highest BCUT2D eigenvalue weighted by Gasteiger charge is 2.17. The van der Waals surface area contributed by atoms with Crippen molar-refractivity contribution in [2.75, 3.05) is 20.3 Å². The van der Waals surface area contributed by atoms with E-state index in [0.29, 0.717) is 18.7 Å². The fraction of sp³-hybridized carbons (Fsp3) is 0.364. The van der Waals surface area contributed by atoms with Crippen molar-refractivity contribution in [3.63, 3.8) is 0 Å². The average Bonchev–Trinajstić information content (AvgIpc) is 2.52. The Hall–Kier alpha value is -1.26. The molecule has 0 aromatic heterocycles. The van der Waals surface area contributed by atoms with E-state index in [1.807, 2.05) is 6.07 Å². The second-order valence-corrected chi connectivity index (χ2v) is 3.30. The highest BCUT2D eigenvalue weighted by Crippen LogP contribution is 2.24. The van der Waals surface area contributed by atoms with Crippen molar-refractivity contribution >= 4 is 18.4 Å². The Morgan fingerprint density at radius 3 is 3.06 bits per heavy atom. The summed E-state index contributed by atoms with van der Waals surface area (Å²) in [5, 5.41) is 3.19. The van der Waals surface area contributed by atoms with E-state index in [9.17, 15) is 4.79 Å². The first-order chi connectivity index (χ1) is 7.33. The molecule has 1 aliphatic heterocycles. The van der Waals surface area contributed by atoms with Gasteiger partial charge in [-0.05, 0) is 12.1 Å². The first-order valence-corrected chi connectivity index (χ1v) is 4.86. The van der Waals surface area contributed by atoms with Gasteiger partial charge < -0.3 is 14.8 Å². The molecule has 0 atom stereocenters. The molecule has 5 heteroatoms. The Morgan fingerprint density at radius 1 is 1.50 bits per heavy atom. The van der Waals surface area contributed by atoms with Crippen LogP contribution in [0.4, 0.5) is 0 Å². The summed E-state index contributed by atoms with van der Waals surface area (Å²) in [7, 11) is 1.38. The molecule has 88 valence electrons. The molecule has 16 heavy (non-hydrogen) atoms. The van der Waals surface area contributed by atoms with Crippen molar-refractivity contribution in [3.05, 3.63) is 29.3 Å². The maximum absolute atomic E-state index is 11.5. The Morgan fingerprint density at radius 2 is 2.31 bits per heavy atom. The lowest BCUT2D eigenvalue weighted by Gasteiger charge is -2.09. The smallest absolute Gasteiger partial charge is 0.338 e. The number of esters is 1. The predicted molar refractivity (Wildman–Crippen MR) is 62.2 cm³/mol. The third-order valence-corrected chi connectivity index (χ3v) is 2.38. The lowest BCUT2D eigenvalue weighted by atomic mass is 10.1. The summed E-state index contributed by atoms with van der Waals surface area (Å²) in [6.07, 6.45) is 0. The van der Waals surface area contributed by atoms with Gasteiger partial charge in [-0.15, -0.1) is 12.4 Å². The van der Waals surface area contributed by atoms with Crippen LogP contribution in [0, 0.1) is 0 Å². The molecule has 0 aliphatic carbocycles. The molecule has 0 bridgehead atoms. The van der Waals surface area contributed by atoms with Gasteiger partial charge in [0.25, 0.3) is 0 Å². The van der Waals surface area contributed by atoms with Crippen molar-refractivity contribution in [2.45, 2.75) is 6.54 Å². The van der Waals surface area contributed by atoms with Gasteiger partial charge in [-0.2, -0.15) is 0 Å². The number of hydrogen-bond acceptors (Lipinski definition) is 4. The molecule has 0 saturated heterocycles. The van der Waals surface area contributed by atoms with Crippen LogP contribution < -0.4 is 10.1 Å². The van der Waals surface area contributed by atoms with E-state index in [2.05, 4.69) is 5.32 Å². The minimum atomic E-state index is -0.320. The lowest BCUT2D eigenvalue weighted by molar-refractivity contribution is 0.0599. The summed E-state index contributed by atoms with van der Waals surface area (Å²) in [6.45, 7) is 2.05. The fourth-order valence-corrected chi connectivity index (χ4v) is 1.63. The van der Waals surface area contributed by atoms with E-state index >= 15 is 0 Å². The molecule has 1 aliphatic rings. The van der Waals surface area contributed by atoms with Gasteiger partial charge in [0, 0.05) is 18.7 Å². The number of ether oxygens (including phenoxy) is 2. The molecule has 0 saturated carbocycles. The topological polar surface area (TPSA) is 47.6 Å². The van der Waals surface area contributed by atoms with Crippen LogP contribution in [0.2, 0.25) is 0 Å². The number of hydrogen-bond donors (Lipinski definition) is 1. The summed E-state index contributed by atoms with van der Waals surface area (Å²) in [5.41, 5.74) is 1.45.